The minimum absolute atomic E-state index is 0.0106. The Balaban J connectivity index is 1.71. The number of non-ortho nitro benzene ring substituents is 1. The number of anilines is 1. The smallest absolute Gasteiger partial charge is 0.293 e. The molecule has 0 radical (unpaired) electrons. The van der Waals surface area contributed by atoms with Gasteiger partial charge in [-0.3, -0.25) is 20.2 Å². The average molecular weight is 411 g/mol. The van der Waals surface area contributed by atoms with Crippen LogP contribution in [0.3, 0.4) is 0 Å². The summed E-state index contributed by atoms with van der Waals surface area (Å²) < 4.78 is 5.51. The van der Waals surface area contributed by atoms with Crippen LogP contribution in [0.5, 0.6) is 5.75 Å². The van der Waals surface area contributed by atoms with Crippen LogP contribution < -0.4 is 10.6 Å². The molecule has 0 bridgehead atoms. The van der Waals surface area contributed by atoms with Gasteiger partial charge in [0.05, 0.1) is 10.6 Å². The van der Waals surface area contributed by atoms with Gasteiger partial charge in [0.15, 0.2) is 10.9 Å². The van der Waals surface area contributed by atoms with Crippen molar-refractivity contribution in [3.8, 4) is 17.1 Å². The van der Waals surface area contributed by atoms with E-state index in [4.69, 9.17) is 16.6 Å². The lowest BCUT2D eigenvalue weighted by Crippen LogP contribution is -2.33. The number of aromatic hydroxyl groups is 1. The van der Waals surface area contributed by atoms with Gasteiger partial charge in [0.25, 0.3) is 11.6 Å². The molecule has 29 heavy (non-hydrogen) atoms. The monoisotopic (exact) mass is 411 g/mol. The normalized spacial score (nSPS) is 10.4. The molecule has 0 unspecified atom stereocenters. The molecule has 3 rings (SSSR count). The van der Waals surface area contributed by atoms with E-state index in [1.165, 1.54) is 24.3 Å². The molecule has 0 atom stereocenters. The third-order valence-electron chi connectivity index (χ3n) is 4.09. The van der Waals surface area contributed by atoms with Crippen LogP contribution in [0.15, 0.2) is 52.9 Å². The van der Waals surface area contributed by atoms with Crippen LogP contribution in [0, 0.1) is 24.0 Å². The Bertz CT molecular complexity index is 1120. The summed E-state index contributed by atoms with van der Waals surface area (Å²) in [6.07, 6.45) is 0. The van der Waals surface area contributed by atoms with Crippen molar-refractivity contribution < 1.29 is 19.2 Å². The molecule has 1 heterocycles. The van der Waals surface area contributed by atoms with Crippen LogP contribution in [0.2, 0.25) is 0 Å². The van der Waals surface area contributed by atoms with E-state index in [9.17, 15) is 20.0 Å². The quantitative estimate of drug-likeness (QED) is 0.253. The molecule has 0 aliphatic heterocycles. The summed E-state index contributed by atoms with van der Waals surface area (Å²) >= 11 is 5.13. The van der Waals surface area contributed by atoms with Gasteiger partial charge < -0.3 is 14.8 Å². The SMILES string of the molecule is Cc1cc(C)c(O)c(NC(=S)NC(=O)c2ccc(-c3cccc([N+](=O)[O-])c3)o2)c1. The van der Waals surface area contributed by atoms with Crippen LogP contribution in [0.25, 0.3) is 11.3 Å². The van der Waals surface area contributed by atoms with Gasteiger partial charge in [0, 0.05) is 17.7 Å². The first-order valence-corrected chi connectivity index (χ1v) is 8.92. The number of amides is 1. The fourth-order valence-corrected chi connectivity index (χ4v) is 2.96. The summed E-state index contributed by atoms with van der Waals surface area (Å²) in [5.41, 5.74) is 2.37. The number of thiocarbonyl (C=S) groups is 1. The number of hydrogen-bond acceptors (Lipinski definition) is 6. The number of benzene rings is 2. The van der Waals surface area contributed by atoms with Gasteiger partial charge in [-0.15, -0.1) is 0 Å². The van der Waals surface area contributed by atoms with Crippen LogP contribution >= 0.6 is 12.2 Å². The van der Waals surface area contributed by atoms with Crippen LogP contribution in [-0.4, -0.2) is 21.0 Å². The first-order chi connectivity index (χ1) is 13.7. The highest BCUT2D eigenvalue weighted by Gasteiger charge is 2.16. The van der Waals surface area contributed by atoms with Crippen molar-refractivity contribution in [1.29, 1.82) is 0 Å². The molecule has 1 amide bonds. The maximum atomic E-state index is 12.4. The Morgan fingerprint density at radius 3 is 2.66 bits per heavy atom. The zero-order valence-electron chi connectivity index (χ0n) is 15.6. The molecule has 0 aliphatic rings. The standard InChI is InChI=1S/C20H17N3O5S/c1-11-8-12(2)18(24)15(9-11)21-20(29)22-19(25)17-7-6-16(28-17)13-4-3-5-14(10-13)23(26)27/h3-10,24H,1-2H3,(H2,21,22,25,29). The molecular formula is C20H17N3O5S. The topological polar surface area (TPSA) is 118 Å². The van der Waals surface area contributed by atoms with Gasteiger partial charge in [0.2, 0.25) is 0 Å². The molecular weight excluding hydrogens is 394 g/mol. The highest BCUT2D eigenvalue weighted by atomic mass is 32.1. The van der Waals surface area contributed by atoms with Gasteiger partial charge in [-0.25, -0.2) is 0 Å². The summed E-state index contributed by atoms with van der Waals surface area (Å²) in [6, 6.07) is 12.4. The molecule has 9 heteroatoms. The number of nitrogens with zero attached hydrogens (tertiary/aromatic N) is 1. The minimum atomic E-state index is -0.594. The molecule has 0 saturated carbocycles. The number of nitro groups is 1. The second-order valence-corrected chi connectivity index (χ2v) is 6.77. The maximum Gasteiger partial charge on any atom is 0.293 e. The number of aryl methyl sites for hydroxylation is 2. The zero-order valence-corrected chi connectivity index (χ0v) is 16.4. The van der Waals surface area contributed by atoms with Gasteiger partial charge >= 0.3 is 0 Å². The summed E-state index contributed by atoms with van der Waals surface area (Å²) in [5, 5.41) is 26.3. The Morgan fingerprint density at radius 1 is 1.17 bits per heavy atom. The van der Waals surface area contributed by atoms with Gasteiger partial charge in [-0.2, -0.15) is 0 Å². The lowest BCUT2D eigenvalue weighted by molar-refractivity contribution is -0.384. The van der Waals surface area contributed by atoms with Crippen molar-refractivity contribution in [1.82, 2.24) is 5.32 Å². The Kier molecular flexibility index (Phi) is 5.60. The van der Waals surface area contributed by atoms with Gasteiger partial charge in [-0.1, -0.05) is 18.2 Å². The van der Waals surface area contributed by atoms with Crippen molar-refractivity contribution in [2.75, 3.05) is 5.32 Å². The number of rotatable bonds is 4. The number of furan rings is 1. The van der Waals surface area contributed by atoms with E-state index >= 15 is 0 Å². The van der Waals surface area contributed by atoms with Crippen molar-refractivity contribution in [3.05, 3.63) is 75.5 Å². The number of nitro benzene ring substituents is 1. The van der Waals surface area contributed by atoms with Crippen molar-refractivity contribution in [2.24, 2.45) is 0 Å². The first kappa shape index (κ1) is 20.0. The number of nitrogens with one attached hydrogen (secondary N) is 2. The second-order valence-electron chi connectivity index (χ2n) is 6.36. The van der Waals surface area contributed by atoms with Crippen molar-refractivity contribution >= 4 is 34.6 Å². The Hall–Kier alpha value is -3.72. The summed E-state index contributed by atoms with van der Waals surface area (Å²) in [6.45, 7) is 3.63. The number of hydrogen-bond donors (Lipinski definition) is 3. The average Bonchev–Trinajstić information content (AvgIpc) is 3.16. The molecule has 0 fully saturated rings. The molecule has 0 saturated heterocycles. The summed E-state index contributed by atoms with van der Waals surface area (Å²) in [7, 11) is 0. The van der Waals surface area contributed by atoms with Gasteiger partial charge in [0.1, 0.15) is 11.5 Å². The van der Waals surface area contributed by atoms with E-state index in [0.717, 1.165) is 5.56 Å². The summed E-state index contributed by atoms with van der Waals surface area (Å²) in [4.78, 5) is 22.8. The van der Waals surface area contributed by atoms with Crippen LogP contribution in [0.1, 0.15) is 21.7 Å². The molecule has 3 N–H and O–H groups in total. The molecule has 1 aromatic heterocycles. The predicted octanol–water partition coefficient (Wildman–Crippen LogP) is 4.30. The summed E-state index contributed by atoms with van der Waals surface area (Å²) in [5.74, 6) is -0.258. The second kappa shape index (κ2) is 8.11. The zero-order chi connectivity index (χ0) is 21.1. The van der Waals surface area contributed by atoms with Crippen molar-refractivity contribution in [3.63, 3.8) is 0 Å². The molecule has 2 aromatic carbocycles. The molecule has 8 nitrogen and oxygen atoms in total. The Labute approximate surface area is 171 Å². The lowest BCUT2D eigenvalue weighted by atomic mass is 10.1. The van der Waals surface area contributed by atoms with E-state index in [1.807, 2.05) is 13.0 Å². The number of carbonyl (C=O) groups excluding carboxylic acids is 1. The molecule has 148 valence electrons. The molecule has 3 aromatic rings. The van der Waals surface area contributed by atoms with Gasteiger partial charge in [-0.05, 0) is 55.4 Å². The maximum absolute atomic E-state index is 12.4. The molecule has 0 spiro atoms. The van der Waals surface area contributed by atoms with E-state index in [-0.39, 0.29) is 22.3 Å². The van der Waals surface area contributed by atoms with E-state index in [1.54, 1.807) is 25.1 Å². The van der Waals surface area contributed by atoms with E-state index in [2.05, 4.69) is 10.6 Å². The van der Waals surface area contributed by atoms with E-state index < -0.39 is 10.8 Å². The largest absolute Gasteiger partial charge is 0.505 e. The fraction of sp³-hybridized carbons (Fsp3) is 0.100. The lowest BCUT2D eigenvalue weighted by Gasteiger charge is -2.12. The molecule has 0 aliphatic carbocycles. The predicted molar refractivity (Wildman–Crippen MR) is 112 cm³/mol. The minimum Gasteiger partial charge on any atom is -0.505 e. The van der Waals surface area contributed by atoms with Crippen LogP contribution in [0.4, 0.5) is 11.4 Å². The number of carbonyl (C=O) groups is 1. The third kappa shape index (κ3) is 4.58. The first-order valence-electron chi connectivity index (χ1n) is 8.52. The third-order valence-corrected chi connectivity index (χ3v) is 4.30. The number of phenolic OH excluding ortho intramolecular Hbond substituents is 1. The number of phenols is 1. The highest BCUT2D eigenvalue weighted by Crippen LogP contribution is 2.29. The van der Waals surface area contributed by atoms with E-state index in [0.29, 0.717) is 22.6 Å². The van der Waals surface area contributed by atoms with Crippen molar-refractivity contribution in [2.45, 2.75) is 13.8 Å². The highest BCUT2D eigenvalue weighted by molar-refractivity contribution is 7.80. The fourth-order valence-electron chi connectivity index (χ4n) is 2.76. The van der Waals surface area contributed by atoms with Crippen LogP contribution in [-0.2, 0) is 0 Å². The Morgan fingerprint density at radius 2 is 1.93 bits per heavy atom.